The molecule has 1 unspecified atom stereocenters. The number of carboxylic acids is 1. The minimum Gasteiger partial charge on any atom is -0.481 e. The highest BCUT2D eigenvalue weighted by atomic mass is 35.5. The van der Waals surface area contributed by atoms with Crippen molar-refractivity contribution < 1.29 is 27.9 Å². The Balaban J connectivity index is 2.81. The van der Waals surface area contributed by atoms with Crippen LogP contribution >= 0.6 is 11.6 Å². The van der Waals surface area contributed by atoms with Crippen LogP contribution in [0.3, 0.4) is 0 Å². The number of alkyl halides is 3. The van der Waals surface area contributed by atoms with Crippen LogP contribution in [0.1, 0.15) is 18.4 Å². The quantitative estimate of drug-likeness (QED) is 0.776. The van der Waals surface area contributed by atoms with Gasteiger partial charge in [0.2, 0.25) is 5.91 Å². The van der Waals surface area contributed by atoms with E-state index in [0.717, 1.165) is 12.1 Å². The van der Waals surface area contributed by atoms with Crippen molar-refractivity contribution in [2.75, 3.05) is 5.32 Å². The normalized spacial score (nSPS) is 12.8. The number of hydrogen-bond donors (Lipinski definition) is 3. The molecule has 0 bridgehead atoms. The van der Waals surface area contributed by atoms with Crippen LogP contribution in [0.25, 0.3) is 0 Å². The molecule has 21 heavy (non-hydrogen) atoms. The molecule has 1 atom stereocenters. The zero-order chi connectivity index (χ0) is 16.2. The van der Waals surface area contributed by atoms with E-state index in [9.17, 15) is 22.8 Å². The Hall–Kier alpha value is -1.80. The number of benzene rings is 1. The first-order valence-electron chi connectivity index (χ1n) is 5.75. The smallest absolute Gasteiger partial charge is 0.416 e. The summed E-state index contributed by atoms with van der Waals surface area (Å²) in [4.78, 5) is 22.0. The lowest BCUT2D eigenvalue weighted by atomic mass is 10.1. The lowest BCUT2D eigenvalue weighted by Crippen LogP contribution is -2.36. The minimum atomic E-state index is -4.60. The second-order valence-electron chi connectivity index (χ2n) is 4.25. The van der Waals surface area contributed by atoms with Gasteiger partial charge in [0.1, 0.15) is 0 Å². The van der Waals surface area contributed by atoms with E-state index in [-0.39, 0.29) is 23.6 Å². The van der Waals surface area contributed by atoms with E-state index in [1.165, 1.54) is 0 Å². The lowest BCUT2D eigenvalue weighted by Gasteiger charge is -2.13. The van der Waals surface area contributed by atoms with Gasteiger partial charge < -0.3 is 16.2 Å². The third kappa shape index (κ3) is 5.60. The first kappa shape index (κ1) is 17.3. The molecule has 1 aromatic carbocycles. The molecule has 1 amide bonds. The van der Waals surface area contributed by atoms with Gasteiger partial charge in [-0.25, -0.2) is 0 Å². The van der Waals surface area contributed by atoms with E-state index >= 15 is 0 Å². The van der Waals surface area contributed by atoms with Crippen molar-refractivity contribution >= 4 is 29.2 Å². The predicted molar refractivity (Wildman–Crippen MR) is 69.9 cm³/mol. The summed E-state index contributed by atoms with van der Waals surface area (Å²) in [6.07, 6.45) is -5.05. The third-order valence-electron chi connectivity index (χ3n) is 2.50. The molecule has 9 heteroatoms. The molecule has 0 fully saturated rings. The molecule has 0 aliphatic carbocycles. The van der Waals surface area contributed by atoms with Gasteiger partial charge in [0.25, 0.3) is 0 Å². The summed E-state index contributed by atoms with van der Waals surface area (Å²) in [5.41, 5.74) is 4.27. The van der Waals surface area contributed by atoms with Crippen molar-refractivity contribution in [2.24, 2.45) is 5.73 Å². The van der Waals surface area contributed by atoms with Crippen LogP contribution in [0.4, 0.5) is 18.9 Å². The zero-order valence-corrected chi connectivity index (χ0v) is 11.3. The Labute approximate surface area is 122 Å². The second kappa shape index (κ2) is 6.77. The van der Waals surface area contributed by atoms with Crippen LogP contribution in [0.2, 0.25) is 5.02 Å². The van der Waals surface area contributed by atoms with E-state index < -0.39 is 29.7 Å². The lowest BCUT2D eigenvalue weighted by molar-refractivity contribution is -0.138. The van der Waals surface area contributed by atoms with Gasteiger partial charge in [0, 0.05) is 17.1 Å². The van der Waals surface area contributed by atoms with Crippen LogP contribution < -0.4 is 11.1 Å². The average molecular weight is 325 g/mol. The Morgan fingerprint density at radius 3 is 2.48 bits per heavy atom. The number of carbonyl (C=O) groups excluding carboxylic acids is 1. The third-order valence-corrected chi connectivity index (χ3v) is 2.72. The van der Waals surface area contributed by atoms with Crippen molar-refractivity contribution in [3.63, 3.8) is 0 Å². The molecule has 0 radical (unpaired) electrons. The van der Waals surface area contributed by atoms with E-state index in [0.29, 0.717) is 6.07 Å². The number of anilines is 1. The Bertz CT molecular complexity index is 549. The molecule has 0 saturated carbocycles. The van der Waals surface area contributed by atoms with E-state index in [1.54, 1.807) is 0 Å². The van der Waals surface area contributed by atoms with Gasteiger partial charge in [-0.05, 0) is 24.6 Å². The first-order chi connectivity index (χ1) is 9.59. The molecule has 1 aromatic rings. The number of rotatable bonds is 5. The van der Waals surface area contributed by atoms with Gasteiger partial charge in [-0.3, -0.25) is 9.59 Å². The maximum absolute atomic E-state index is 12.6. The Morgan fingerprint density at radius 1 is 1.33 bits per heavy atom. The molecular formula is C12H12ClF3N2O3. The monoisotopic (exact) mass is 324 g/mol. The number of hydrogen-bond acceptors (Lipinski definition) is 3. The molecule has 0 aromatic heterocycles. The topological polar surface area (TPSA) is 92.4 Å². The largest absolute Gasteiger partial charge is 0.481 e. The van der Waals surface area contributed by atoms with E-state index in [1.807, 2.05) is 0 Å². The maximum atomic E-state index is 12.6. The average Bonchev–Trinajstić information content (AvgIpc) is 2.33. The van der Waals surface area contributed by atoms with Gasteiger partial charge in [0.15, 0.2) is 0 Å². The van der Waals surface area contributed by atoms with Crippen LogP contribution in [0.15, 0.2) is 18.2 Å². The number of nitrogens with one attached hydrogen (secondary N) is 1. The summed E-state index contributed by atoms with van der Waals surface area (Å²) < 4.78 is 37.8. The summed E-state index contributed by atoms with van der Waals surface area (Å²) in [5, 5.41) is 10.4. The van der Waals surface area contributed by atoms with Crippen molar-refractivity contribution in [2.45, 2.75) is 25.1 Å². The maximum Gasteiger partial charge on any atom is 0.416 e. The van der Waals surface area contributed by atoms with Gasteiger partial charge in [-0.2, -0.15) is 13.2 Å². The van der Waals surface area contributed by atoms with Crippen molar-refractivity contribution in [1.29, 1.82) is 0 Å². The summed E-state index contributed by atoms with van der Waals surface area (Å²) in [5.74, 6) is -1.91. The van der Waals surface area contributed by atoms with Crippen LogP contribution in [-0.2, 0) is 15.8 Å². The first-order valence-corrected chi connectivity index (χ1v) is 6.13. The molecule has 0 aliphatic rings. The van der Waals surface area contributed by atoms with E-state index in [2.05, 4.69) is 5.32 Å². The van der Waals surface area contributed by atoms with Crippen LogP contribution in [0, 0.1) is 0 Å². The van der Waals surface area contributed by atoms with Crippen molar-refractivity contribution in [1.82, 2.24) is 0 Å². The highest BCUT2D eigenvalue weighted by molar-refractivity contribution is 6.31. The number of carbonyl (C=O) groups is 2. The minimum absolute atomic E-state index is 0.131. The standard InChI is InChI=1S/C12H12ClF3N2O3/c13-7-3-6(12(14,15)16)4-8(5-7)18-11(21)9(17)1-2-10(19)20/h3-5,9H,1-2,17H2,(H,18,21)(H,19,20). The number of halogens is 4. The molecule has 0 aliphatic heterocycles. The van der Waals surface area contributed by atoms with Crippen LogP contribution in [-0.4, -0.2) is 23.0 Å². The summed E-state index contributed by atoms with van der Waals surface area (Å²) in [6.45, 7) is 0. The number of nitrogens with two attached hydrogens (primary N) is 1. The summed E-state index contributed by atoms with van der Waals surface area (Å²) in [6, 6.07) is 1.43. The SMILES string of the molecule is NC(CCC(=O)O)C(=O)Nc1cc(Cl)cc(C(F)(F)F)c1. The summed E-state index contributed by atoms with van der Waals surface area (Å²) in [7, 11) is 0. The zero-order valence-electron chi connectivity index (χ0n) is 10.6. The highest BCUT2D eigenvalue weighted by Crippen LogP contribution is 2.33. The van der Waals surface area contributed by atoms with E-state index in [4.69, 9.17) is 22.4 Å². The summed E-state index contributed by atoms with van der Waals surface area (Å²) >= 11 is 5.56. The second-order valence-corrected chi connectivity index (χ2v) is 4.69. The van der Waals surface area contributed by atoms with Gasteiger partial charge in [-0.1, -0.05) is 11.6 Å². The van der Waals surface area contributed by atoms with Gasteiger partial charge in [0.05, 0.1) is 11.6 Å². The Morgan fingerprint density at radius 2 is 1.95 bits per heavy atom. The fourth-order valence-electron chi connectivity index (χ4n) is 1.47. The van der Waals surface area contributed by atoms with Gasteiger partial charge in [-0.15, -0.1) is 0 Å². The molecule has 0 heterocycles. The molecular weight excluding hydrogens is 313 g/mol. The number of carboxylic acid groups (broad SMARTS) is 1. The fourth-order valence-corrected chi connectivity index (χ4v) is 1.71. The van der Waals surface area contributed by atoms with Gasteiger partial charge >= 0.3 is 12.1 Å². The fraction of sp³-hybridized carbons (Fsp3) is 0.333. The van der Waals surface area contributed by atoms with Crippen molar-refractivity contribution in [3.8, 4) is 0 Å². The molecule has 5 nitrogen and oxygen atoms in total. The van der Waals surface area contributed by atoms with Crippen molar-refractivity contribution in [3.05, 3.63) is 28.8 Å². The molecule has 0 saturated heterocycles. The highest BCUT2D eigenvalue weighted by Gasteiger charge is 2.31. The van der Waals surface area contributed by atoms with Crippen LogP contribution in [0.5, 0.6) is 0 Å². The molecule has 1 rings (SSSR count). The number of aliphatic carboxylic acids is 1. The molecule has 4 N–H and O–H groups in total. The number of amides is 1. The Kier molecular flexibility index (Phi) is 5.56. The predicted octanol–water partition coefficient (Wildman–Crippen LogP) is 2.49. The molecule has 0 spiro atoms. The molecule has 116 valence electrons.